The minimum absolute atomic E-state index is 0.0788. The van der Waals surface area contributed by atoms with E-state index >= 15 is 0 Å². The second kappa shape index (κ2) is 6.17. The molecule has 1 fully saturated rings. The number of benzene rings is 1. The maximum Gasteiger partial charge on any atom is 0.339 e. The monoisotopic (exact) mass is 352 g/mol. The quantitative estimate of drug-likeness (QED) is 0.792. The lowest BCUT2D eigenvalue weighted by molar-refractivity contribution is -0.143. The molecule has 1 unspecified atom stereocenters. The van der Waals surface area contributed by atoms with E-state index < -0.39 is 6.10 Å². The third-order valence-electron chi connectivity index (χ3n) is 5.37. The number of fused-ring (bicyclic) bond motifs is 3. The second-order valence-electron chi connectivity index (χ2n) is 7.09. The summed E-state index contributed by atoms with van der Waals surface area (Å²) in [5, 5.41) is 9.79. The van der Waals surface area contributed by atoms with E-state index in [1.165, 1.54) is 0 Å². The number of amides is 1. The van der Waals surface area contributed by atoms with Gasteiger partial charge in [-0.25, -0.2) is 4.79 Å². The Balaban J connectivity index is 1.61. The summed E-state index contributed by atoms with van der Waals surface area (Å²) in [6, 6.07) is 5.91. The van der Waals surface area contributed by atoms with Gasteiger partial charge in [0.2, 0.25) is 0 Å². The Labute approximate surface area is 151 Å². The fourth-order valence-electron chi connectivity index (χ4n) is 3.83. The summed E-state index contributed by atoms with van der Waals surface area (Å²) in [5.74, 6) is 0.327. The van der Waals surface area contributed by atoms with Gasteiger partial charge in [-0.1, -0.05) is 0 Å². The highest BCUT2D eigenvalue weighted by molar-refractivity contribution is 5.87. The molecule has 1 aliphatic heterocycles. The van der Waals surface area contributed by atoms with Crippen LogP contribution in [0.5, 0.6) is 5.75 Å². The van der Waals surface area contributed by atoms with Crippen LogP contribution in [0, 0.1) is 24.2 Å². The number of ether oxygens (including phenoxy) is 1. The average Bonchev–Trinajstić information content (AvgIpc) is 3.07. The van der Waals surface area contributed by atoms with E-state index in [0.29, 0.717) is 24.4 Å². The molecular weight excluding hydrogens is 332 g/mol. The molecule has 0 spiro atoms. The summed E-state index contributed by atoms with van der Waals surface area (Å²) in [7, 11) is 0. The van der Waals surface area contributed by atoms with Gasteiger partial charge in [-0.2, -0.15) is 5.26 Å². The number of aryl methyl sites for hydroxylation is 2. The van der Waals surface area contributed by atoms with Crippen LogP contribution in [0.2, 0.25) is 0 Å². The molecule has 2 aliphatic rings. The summed E-state index contributed by atoms with van der Waals surface area (Å²) < 4.78 is 11.4. The molecule has 1 atom stereocenters. The number of nitriles is 1. The number of rotatable bonds is 3. The van der Waals surface area contributed by atoms with Gasteiger partial charge in [-0.3, -0.25) is 4.79 Å². The van der Waals surface area contributed by atoms with Crippen molar-refractivity contribution >= 4 is 16.9 Å². The minimum Gasteiger partial charge on any atom is -0.480 e. The number of hydrogen-bond acceptors (Lipinski definition) is 5. The molecule has 134 valence electrons. The van der Waals surface area contributed by atoms with Crippen molar-refractivity contribution in [2.45, 2.75) is 39.2 Å². The Morgan fingerprint density at radius 2 is 2.08 bits per heavy atom. The van der Waals surface area contributed by atoms with Gasteiger partial charge in [0.25, 0.3) is 5.91 Å². The van der Waals surface area contributed by atoms with Gasteiger partial charge in [0, 0.05) is 29.6 Å². The fraction of sp³-hybridized carbons (Fsp3) is 0.450. The molecule has 2 heterocycles. The van der Waals surface area contributed by atoms with E-state index in [9.17, 15) is 9.59 Å². The van der Waals surface area contributed by atoms with Crippen LogP contribution in [0.15, 0.2) is 21.3 Å². The molecule has 0 radical (unpaired) electrons. The Morgan fingerprint density at radius 3 is 2.81 bits per heavy atom. The van der Waals surface area contributed by atoms with Crippen molar-refractivity contribution in [3.8, 4) is 11.8 Å². The molecule has 1 aromatic carbocycles. The van der Waals surface area contributed by atoms with Crippen LogP contribution >= 0.6 is 0 Å². The number of hydrogen-bond donors (Lipinski definition) is 0. The first-order chi connectivity index (χ1) is 12.5. The molecule has 1 saturated heterocycles. The zero-order valence-electron chi connectivity index (χ0n) is 14.9. The summed E-state index contributed by atoms with van der Waals surface area (Å²) in [6.45, 7) is 4.46. The predicted molar refractivity (Wildman–Crippen MR) is 95.0 cm³/mol. The zero-order chi connectivity index (χ0) is 18.4. The minimum atomic E-state index is -0.660. The van der Waals surface area contributed by atoms with Gasteiger partial charge in [-0.05, 0) is 50.8 Å². The largest absolute Gasteiger partial charge is 0.480 e. The first kappa shape index (κ1) is 16.6. The predicted octanol–water partition coefficient (Wildman–Crippen LogP) is 2.34. The van der Waals surface area contributed by atoms with Crippen molar-refractivity contribution in [3.05, 3.63) is 39.2 Å². The van der Waals surface area contributed by atoms with Gasteiger partial charge in [0.1, 0.15) is 11.3 Å². The van der Waals surface area contributed by atoms with Crippen LogP contribution in [0.3, 0.4) is 0 Å². The van der Waals surface area contributed by atoms with Gasteiger partial charge < -0.3 is 14.1 Å². The smallest absolute Gasteiger partial charge is 0.339 e. The van der Waals surface area contributed by atoms with Gasteiger partial charge in [-0.15, -0.1) is 0 Å². The fourth-order valence-corrected chi connectivity index (χ4v) is 3.83. The Morgan fingerprint density at radius 1 is 1.35 bits per heavy atom. The van der Waals surface area contributed by atoms with E-state index in [4.69, 9.17) is 14.4 Å². The molecular formula is C20H20N2O4. The highest BCUT2D eigenvalue weighted by atomic mass is 16.5. The molecule has 6 heteroatoms. The number of carbonyl (C=O) groups excluding carboxylic acids is 1. The van der Waals surface area contributed by atoms with Crippen molar-refractivity contribution in [2.75, 3.05) is 13.1 Å². The summed E-state index contributed by atoms with van der Waals surface area (Å²) in [6.07, 6.45) is 1.98. The lowest BCUT2D eigenvalue weighted by Gasteiger charge is -2.36. The lowest BCUT2D eigenvalue weighted by atomic mass is 10.0. The first-order valence-electron chi connectivity index (χ1n) is 8.92. The number of likely N-dealkylation sites (tertiary alicyclic amines) is 1. The van der Waals surface area contributed by atoms with Crippen LogP contribution in [-0.2, 0) is 17.6 Å². The van der Waals surface area contributed by atoms with E-state index in [-0.39, 0.29) is 17.5 Å². The topological polar surface area (TPSA) is 83.5 Å². The molecule has 6 nitrogen and oxygen atoms in total. The number of nitrogens with zero attached hydrogens (tertiary/aromatic N) is 2. The van der Waals surface area contributed by atoms with Crippen molar-refractivity contribution in [1.82, 2.24) is 4.90 Å². The zero-order valence-corrected chi connectivity index (χ0v) is 14.9. The van der Waals surface area contributed by atoms with E-state index in [0.717, 1.165) is 41.3 Å². The van der Waals surface area contributed by atoms with E-state index in [2.05, 4.69) is 6.07 Å². The van der Waals surface area contributed by atoms with Crippen molar-refractivity contribution in [1.29, 1.82) is 5.26 Å². The van der Waals surface area contributed by atoms with E-state index in [1.807, 2.05) is 19.1 Å². The maximum atomic E-state index is 12.4. The van der Waals surface area contributed by atoms with Crippen LogP contribution in [0.4, 0.5) is 0 Å². The molecule has 1 amide bonds. The highest BCUT2D eigenvalue weighted by Crippen LogP contribution is 2.33. The molecule has 0 saturated carbocycles. The molecule has 1 aliphatic carbocycles. The standard InChI is InChI=1S/C20H20N2O4/c1-11-17(25-12(2)19(23)22-9-13(8-21)10-22)7-6-15-14-4-3-5-16(14)20(24)26-18(11)15/h6-7,12-13H,3-5,9-10H2,1-2H3. The average molecular weight is 352 g/mol. The van der Waals surface area contributed by atoms with Gasteiger partial charge in [0.05, 0.1) is 12.0 Å². The van der Waals surface area contributed by atoms with Crippen LogP contribution in [0.25, 0.3) is 11.0 Å². The molecule has 0 N–H and O–H groups in total. The normalized spacial score (nSPS) is 17.5. The molecule has 0 bridgehead atoms. The van der Waals surface area contributed by atoms with Crippen LogP contribution in [0.1, 0.15) is 30.0 Å². The van der Waals surface area contributed by atoms with Crippen molar-refractivity contribution in [2.24, 2.45) is 5.92 Å². The third kappa shape index (κ3) is 2.55. The Hall–Kier alpha value is -2.81. The second-order valence-corrected chi connectivity index (χ2v) is 7.09. The number of carbonyl (C=O) groups is 1. The van der Waals surface area contributed by atoms with Crippen molar-refractivity contribution < 1.29 is 13.9 Å². The summed E-state index contributed by atoms with van der Waals surface area (Å²) in [5.41, 5.74) is 2.88. The first-order valence-corrected chi connectivity index (χ1v) is 8.92. The maximum absolute atomic E-state index is 12.4. The Bertz CT molecular complexity index is 996. The van der Waals surface area contributed by atoms with Crippen LogP contribution < -0.4 is 10.4 Å². The van der Waals surface area contributed by atoms with E-state index in [1.54, 1.807) is 11.8 Å². The lowest BCUT2D eigenvalue weighted by Crippen LogP contribution is -2.53. The molecule has 4 rings (SSSR count). The van der Waals surface area contributed by atoms with Gasteiger partial charge in [0.15, 0.2) is 6.10 Å². The summed E-state index contributed by atoms with van der Waals surface area (Å²) in [4.78, 5) is 26.2. The van der Waals surface area contributed by atoms with Crippen molar-refractivity contribution in [3.63, 3.8) is 0 Å². The van der Waals surface area contributed by atoms with Crippen LogP contribution in [-0.4, -0.2) is 30.0 Å². The Kier molecular flexibility index (Phi) is 3.95. The molecule has 1 aromatic heterocycles. The summed E-state index contributed by atoms with van der Waals surface area (Å²) >= 11 is 0. The SMILES string of the molecule is Cc1c(OC(C)C(=O)N2CC(C#N)C2)ccc2c3c(c(=O)oc12)CCC3. The molecule has 2 aromatic rings. The highest BCUT2D eigenvalue weighted by Gasteiger charge is 2.34. The third-order valence-corrected chi connectivity index (χ3v) is 5.37. The molecule has 26 heavy (non-hydrogen) atoms. The van der Waals surface area contributed by atoms with Gasteiger partial charge >= 0.3 is 5.63 Å².